The summed E-state index contributed by atoms with van der Waals surface area (Å²) < 4.78 is 36.1. The minimum absolute atomic E-state index is 0.0239. The Morgan fingerprint density at radius 2 is 1.84 bits per heavy atom. The number of rotatable bonds is 3. The first-order valence-corrected chi connectivity index (χ1v) is 19.4. The standard InChI is InChI=1S/C40H42N4O10S/c1-17-9-21-10-23-24(13-41)44-25-14-51-39(48)40(22-12-27(49-5)26(46)11-20(22)7-8-42-40)15-55-38(32(44)31(43(23)4)28(21)33(47)34(17)50-6)30-29(25)37-36(52-16-53-37)18(2)35(30)54-19(3)45/h9,11-12,23-25,31-32,38,42,46-47H,7-8,10,14-16H2,1-6H3/t23-,24-,25+,31+,32+,38+,40+/m0/s1. The van der Waals surface area contributed by atoms with Gasteiger partial charge in [0.25, 0.3) is 0 Å². The molecule has 288 valence electrons. The van der Waals surface area contributed by atoms with Crippen molar-refractivity contribution in [1.29, 1.82) is 5.26 Å². The fraction of sp³-hybridized carbons (Fsp3) is 0.475. The highest BCUT2D eigenvalue weighted by Crippen LogP contribution is 2.64. The fourth-order valence-corrected chi connectivity index (χ4v) is 11.9. The number of hydrogen-bond acceptors (Lipinski definition) is 15. The van der Waals surface area contributed by atoms with Crippen molar-refractivity contribution in [3.05, 3.63) is 62.7 Å². The van der Waals surface area contributed by atoms with E-state index in [4.69, 9.17) is 28.4 Å². The number of nitrogens with zero attached hydrogens (tertiary/aromatic N) is 3. The minimum atomic E-state index is -1.36. The van der Waals surface area contributed by atoms with Crippen LogP contribution in [0.4, 0.5) is 0 Å². The minimum Gasteiger partial charge on any atom is -0.504 e. The van der Waals surface area contributed by atoms with Crippen LogP contribution in [0.1, 0.15) is 68.8 Å². The van der Waals surface area contributed by atoms with E-state index in [1.54, 1.807) is 12.1 Å². The number of piperazine rings is 1. The predicted octanol–water partition coefficient (Wildman–Crippen LogP) is 3.99. The molecule has 0 aliphatic carbocycles. The summed E-state index contributed by atoms with van der Waals surface area (Å²) in [4.78, 5) is 32.0. The maximum Gasteiger partial charge on any atom is 0.331 e. The second-order valence-corrected chi connectivity index (χ2v) is 16.2. The molecule has 0 saturated carbocycles. The van der Waals surface area contributed by atoms with Gasteiger partial charge in [-0.3, -0.25) is 19.9 Å². The first-order chi connectivity index (χ1) is 26.4. The van der Waals surface area contributed by atoms with Crippen LogP contribution in [0.2, 0.25) is 0 Å². The number of thioether (sulfide) groups is 1. The van der Waals surface area contributed by atoms with Gasteiger partial charge in [0.1, 0.15) is 18.4 Å². The SMILES string of the molecule is COc1cc2c(cc1O)CCN[C@]21CS[C@@H]2c3c(OC(C)=O)c(C)c4c(c3[C@@H](COC1=O)N1[C@@H]2[C@H]2c3c(cc(C)c(OC)c3O)C[C@@H]([C@@H]1C#N)N2C)OCO4. The Balaban J connectivity index is 1.33. The van der Waals surface area contributed by atoms with E-state index in [0.29, 0.717) is 70.2 Å². The van der Waals surface area contributed by atoms with Gasteiger partial charge in [0.15, 0.2) is 40.0 Å². The number of benzene rings is 3. The van der Waals surface area contributed by atoms with Crippen molar-refractivity contribution in [3.63, 3.8) is 0 Å². The van der Waals surface area contributed by atoms with Crippen molar-refractivity contribution < 1.29 is 48.2 Å². The lowest BCUT2D eigenvalue weighted by atomic mass is 9.71. The highest BCUT2D eigenvalue weighted by molar-refractivity contribution is 7.99. The van der Waals surface area contributed by atoms with Crippen LogP contribution in [-0.2, 0) is 32.7 Å². The Morgan fingerprint density at radius 1 is 1.05 bits per heavy atom. The van der Waals surface area contributed by atoms with Crippen LogP contribution < -0.4 is 29.0 Å². The molecule has 0 radical (unpaired) electrons. The Bertz CT molecular complexity index is 2220. The number of fused-ring (bicyclic) bond motifs is 9. The third-order valence-corrected chi connectivity index (χ3v) is 13.9. The molecule has 1 spiro atoms. The zero-order valence-electron chi connectivity index (χ0n) is 31.3. The molecule has 2 saturated heterocycles. The van der Waals surface area contributed by atoms with Crippen LogP contribution in [0.25, 0.3) is 0 Å². The number of phenols is 2. The molecule has 4 bridgehead atoms. The Labute approximate surface area is 322 Å². The van der Waals surface area contributed by atoms with Crippen LogP contribution in [0, 0.1) is 25.2 Å². The van der Waals surface area contributed by atoms with Gasteiger partial charge < -0.3 is 38.6 Å². The van der Waals surface area contributed by atoms with Crippen LogP contribution in [0.3, 0.4) is 0 Å². The molecule has 0 unspecified atom stereocenters. The van der Waals surface area contributed by atoms with Gasteiger partial charge in [-0.05, 0) is 68.1 Å². The molecule has 55 heavy (non-hydrogen) atoms. The maximum atomic E-state index is 14.7. The second kappa shape index (κ2) is 12.8. The van der Waals surface area contributed by atoms with Crippen molar-refractivity contribution in [3.8, 4) is 46.3 Å². The molecule has 3 aromatic rings. The normalized spacial score (nSPS) is 28.9. The summed E-state index contributed by atoms with van der Waals surface area (Å²) in [6.07, 6.45) is 1.05. The average Bonchev–Trinajstić information content (AvgIpc) is 3.65. The number of methoxy groups -OCH3 is 2. The smallest absolute Gasteiger partial charge is 0.331 e. The molecular weight excluding hydrogens is 729 g/mol. The number of ether oxygens (including phenoxy) is 6. The number of likely N-dealkylation sites (N-methyl/N-ethyl adjacent to an activating group) is 1. The summed E-state index contributed by atoms with van der Waals surface area (Å²) in [6.45, 7) is 5.28. The van der Waals surface area contributed by atoms with Gasteiger partial charge in [0.2, 0.25) is 6.79 Å². The maximum absolute atomic E-state index is 14.7. The topological polar surface area (TPSA) is 172 Å². The summed E-state index contributed by atoms with van der Waals surface area (Å²) in [7, 11) is 4.99. The third kappa shape index (κ3) is 4.90. The van der Waals surface area contributed by atoms with E-state index >= 15 is 0 Å². The first kappa shape index (κ1) is 35.8. The number of hydrogen-bond donors (Lipinski definition) is 3. The van der Waals surface area contributed by atoms with Gasteiger partial charge >= 0.3 is 11.9 Å². The summed E-state index contributed by atoms with van der Waals surface area (Å²) in [5.74, 6) is 0.973. The molecule has 7 atom stereocenters. The highest BCUT2D eigenvalue weighted by Gasteiger charge is 2.62. The van der Waals surface area contributed by atoms with Crippen molar-refractivity contribution in [2.45, 2.75) is 74.6 Å². The molecule has 7 heterocycles. The summed E-state index contributed by atoms with van der Waals surface area (Å²) in [6, 6.07) is 5.28. The van der Waals surface area contributed by atoms with E-state index in [-0.39, 0.29) is 42.4 Å². The molecule has 0 aromatic heterocycles. The molecule has 7 aliphatic rings. The fourth-order valence-electron chi connectivity index (χ4n) is 10.2. The summed E-state index contributed by atoms with van der Waals surface area (Å²) in [5, 5.41) is 36.9. The Kier molecular flexibility index (Phi) is 8.36. The molecule has 2 fully saturated rings. The number of carbonyl (C=O) groups is 2. The first-order valence-electron chi connectivity index (χ1n) is 18.3. The molecular formula is C40H42N4O10S. The molecule has 10 rings (SSSR count). The van der Waals surface area contributed by atoms with Crippen molar-refractivity contribution in [2.24, 2.45) is 0 Å². The van der Waals surface area contributed by atoms with Crippen molar-refractivity contribution in [1.82, 2.24) is 15.1 Å². The highest BCUT2D eigenvalue weighted by atomic mass is 32.2. The Morgan fingerprint density at radius 3 is 2.56 bits per heavy atom. The lowest BCUT2D eigenvalue weighted by molar-refractivity contribution is -0.157. The quantitative estimate of drug-likeness (QED) is 0.258. The summed E-state index contributed by atoms with van der Waals surface area (Å²) in [5.41, 5.74) is 4.41. The van der Waals surface area contributed by atoms with Crippen molar-refractivity contribution in [2.75, 3.05) is 47.0 Å². The second-order valence-electron chi connectivity index (χ2n) is 15.1. The predicted molar refractivity (Wildman–Crippen MR) is 198 cm³/mol. The van der Waals surface area contributed by atoms with Gasteiger partial charge in [-0.1, -0.05) is 6.07 Å². The zero-order valence-corrected chi connectivity index (χ0v) is 32.2. The van der Waals surface area contributed by atoms with E-state index in [2.05, 4.69) is 21.2 Å². The van der Waals surface area contributed by atoms with Gasteiger partial charge in [0.05, 0.1) is 37.6 Å². The molecule has 15 heteroatoms. The van der Waals surface area contributed by atoms with E-state index in [1.807, 2.05) is 27.0 Å². The van der Waals surface area contributed by atoms with Crippen molar-refractivity contribution >= 4 is 23.7 Å². The number of phenolic OH excluding ortho intramolecular Hbond substituents is 2. The van der Waals surface area contributed by atoms with Gasteiger partial charge in [-0.15, -0.1) is 11.8 Å². The van der Waals surface area contributed by atoms with Crippen LogP contribution in [-0.4, -0.2) is 97.0 Å². The lowest BCUT2D eigenvalue weighted by Crippen LogP contribution is -2.69. The van der Waals surface area contributed by atoms with Crippen LogP contribution in [0.15, 0.2) is 18.2 Å². The number of nitriles is 1. The lowest BCUT2D eigenvalue weighted by Gasteiger charge is -2.62. The number of esters is 2. The number of nitrogens with one attached hydrogen (secondary N) is 1. The van der Waals surface area contributed by atoms with Gasteiger partial charge in [-0.25, -0.2) is 4.79 Å². The van der Waals surface area contributed by atoms with Gasteiger partial charge in [0, 0.05) is 53.6 Å². The third-order valence-electron chi connectivity index (χ3n) is 12.4. The van der Waals surface area contributed by atoms with Crippen LogP contribution >= 0.6 is 11.8 Å². The largest absolute Gasteiger partial charge is 0.504 e. The number of aryl methyl sites for hydroxylation is 1. The summed E-state index contributed by atoms with van der Waals surface area (Å²) >= 11 is 1.48. The van der Waals surface area contributed by atoms with Crippen LogP contribution in [0.5, 0.6) is 40.2 Å². The molecule has 0 amide bonds. The zero-order chi connectivity index (χ0) is 38.7. The number of aromatic hydroxyl groups is 2. The Hall–Kier alpha value is -4.88. The molecule has 14 nitrogen and oxygen atoms in total. The average molecular weight is 771 g/mol. The molecule has 7 aliphatic heterocycles. The number of carbonyl (C=O) groups excluding carboxylic acids is 2. The monoisotopic (exact) mass is 770 g/mol. The molecule has 3 aromatic carbocycles. The van der Waals surface area contributed by atoms with Gasteiger partial charge in [-0.2, -0.15) is 5.26 Å². The van der Waals surface area contributed by atoms with E-state index in [9.17, 15) is 25.1 Å². The van der Waals surface area contributed by atoms with E-state index < -0.39 is 46.9 Å². The molecule has 3 N–H and O–H groups in total. The van der Waals surface area contributed by atoms with E-state index in [1.165, 1.54) is 32.9 Å². The van der Waals surface area contributed by atoms with E-state index in [0.717, 1.165) is 16.7 Å².